The Bertz CT molecular complexity index is 573. The molecule has 0 unspecified atom stereocenters. The van der Waals surface area contributed by atoms with Crippen LogP contribution in [0.2, 0.25) is 0 Å². The number of nitrogens with one attached hydrogen (secondary N) is 1. The van der Waals surface area contributed by atoms with E-state index < -0.39 is 0 Å². The molecule has 124 valence electrons. The van der Waals surface area contributed by atoms with Crippen LogP contribution >= 0.6 is 0 Å². The van der Waals surface area contributed by atoms with E-state index in [0.29, 0.717) is 19.5 Å². The summed E-state index contributed by atoms with van der Waals surface area (Å²) in [4.78, 5) is 28.0. The molecule has 1 N–H and O–H groups in total. The molecule has 0 saturated carbocycles. The Kier molecular flexibility index (Phi) is 4.81. The van der Waals surface area contributed by atoms with E-state index >= 15 is 0 Å². The van der Waals surface area contributed by atoms with Crippen LogP contribution in [-0.4, -0.2) is 61.4 Å². The van der Waals surface area contributed by atoms with Gasteiger partial charge in [0.15, 0.2) is 0 Å². The summed E-state index contributed by atoms with van der Waals surface area (Å²) in [5.41, 5.74) is 1.08. The number of carbonyl (C=O) groups excluding carboxylic acids is 2. The predicted octanol–water partition coefficient (Wildman–Crippen LogP) is 0.790. The molecular formula is C17H23N3O3. The zero-order valence-corrected chi connectivity index (χ0v) is 13.5. The summed E-state index contributed by atoms with van der Waals surface area (Å²) in [6.07, 6.45) is 1.42. The van der Waals surface area contributed by atoms with Gasteiger partial charge in [-0.1, -0.05) is 12.1 Å². The third kappa shape index (κ3) is 3.47. The van der Waals surface area contributed by atoms with E-state index in [0.717, 1.165) is 30.8 Å². The highest BCUT2D eigenvalue weighted by Crippen LogP contribution is 2.25. The summed E-state index contributed by atoms with van der Waals surface area (Å²) in [5.74, 6) is 0.926. The molecular weight excluding hydrogens is 294 g/mol. The van der Waals surface area contributed by atoms with E-state index in [1.165, 1.54) is 0 Å². The Morgan fingerprint density at radius 3 is 2.74 bits per heavy atom. The molecule has 0 aliphatic carbocycles. The fourth-order valence-corrected chi connectivity index (χ4v) is 3.25. The molecule has 1 aromatic carbocycles. The van der Waals surface area contributed by atoms with E-state index in [1.807, 2.05) is 29.2 Å². The van der Waals surface area contributed by atoms with E-state index in [1.54, 1.807) is 12.0 Å². The molecule has 1 atom stereocenters. The molecule has 2 saturated heterocycles. The summed E-state index contributed by atoms with van der Waals surface area (Å²) in [6.45, 7) is 3.07. The molecule has 2 amide bonds. The largest absolute Gasteiger partial charge is 0.497 e. The first-order chi connectivity index (χ1) is 11.2. The average Bonchev–Trinajstić information content (AvgIpc) is 3.00. The van der Waals surface area contributed by atoms with Crippen molar-refractivity contribution in [3.8, 4) is 5.75 Å². The van der Waals surface area contributed by atoms with E-state index in [9.17, 15) is 9.59 Å². The van der Waals surface area contributed by atoms with E-state index in [-0.39, 0.29) is 24.4 Å². The van der Waals surface area contributed by atoms with Crippen LogP contribution in [0.15, 0.2) is 24.3 Å². The zero-order valence-electron chi connectivity index (χ0n) is 13.5. The Balaban J connectivity index is 1.72. The summed E-state index contributed by atoms with van der Waals surface area (Å²) >= 11 is 0. The minimum absolute atomic E-state index is 0.000128. The monoisotopic (exact) mass is 317 g/mol. The molecule has 0 aromatic heterocycles. The molecule has 0 bridgehead atoms. The highest BCUT2D eigenvalue weighted by molar-refractivity contribution is 5.86. The van der Waals surface area contributed by atoms with Crippen LogP contribution in [0.25, 0.3) is 0 Å². The number of amides is 2. The van der Waals surface area contributed by atoms with Crippen LogP contribution in [0, 0.1) is 0 Å². The van der Waals surface area contributed by atoms with Crippen molar-refractivity contribution in [1.82, 2.24) is 15.1 Å². The summed E-state index contributed by atoms with van der Waals surface area (Å²) < 4.78 is 5.19. The van der Waals surface area contributed by atoms with Gasteiger partial charge >= 0.3 is 0 Å². The third-order valence-corrected chi connectivity index (χ3v) is 4.56. The lowest BCUT2D eigenvalue weighted by Crippen LogP contribution is -2.51. The topological polar surface area (TPSA) is 61.9 Å². The molecule has 1 aromatic rings. The molecule has 0 radical (unpaired) electrons. The fourth-order valence-electron chi connectivity index (χ4n) is 3.25. The highest BCUT2D eigenvalue weighted by atomic mass is 16.5. The van der Waals surface area contributed by atoms with Gasteiger partial charge in [0.2, 0.25) is 11.8 Å². The Hall–Kier alpha value is -2.08. The van der Waals surface area contributed by atoms with Crippen molar-refractivity contribution in [3.05, 3.63) is 29.8 Å². The number of ether oxygens (including phenoxy) is 1. The van der Waals surface area contributed by atoms with Gasteiger partial charge in [-0.05, 0) is 24.1 Å². The Labute approximate surface area is 136 Å². The van der Waals surface area contributed by atoms with Crippen molar-refractivity contribution < 1.29 is 14.3 Å². The maximum atomic E-state index is 12.7. The maximum Gasteiger partial charge on any atom is 0.242 e. The molecule has 2 fully saturated rings. The molecule has 2 aliphatic rings. The lowest BCUT2D eigenvalue weighted by molar-refractivity contribution is -0.140. The summed E-state index contributed by atoms with van der Waals surface area (Å²) in [7, 11) is 1.64. The van der Waals surface area contributed by atoms with Gasteiger partial charge in [-0.15, -0.1) is 0 Å². The number of likely N-dealkylation sites (tertiary alicyclic amines) is 1. The number of benzene rings is 1. The van der Waals surface area contributed by atoms with E-state index in [2.05, 4.69) is 5.32 Å². The SMILES string of the molecule is COc1ccc([C@@H]2CNCCN2C(=O)CN2CCCC2=O)cc1. The van der Waals surface area contributed by atoms with Gasteiger partial charge in [0.05, 0.1) is 19.7 Å². The zero-order chi connectivity index (χ0) is 16.2. The molecule has 2 aliphatic heterocycles. The van der Waals surface area contributed by atoms with Gasteiger partial charge in [0.25, 0.3) is 0 Å². The van der Waals surface area contributed by atoms with Crippen LogP contribution in [0.3, 0.4) is 0 Å². The average molecular weight is 317 g/mol. The Morgan fingerprint density at radius 1 is 1.30 bits per heavy atom. The van der Waals surface area contributed by atoms with Crippen LogP contribution in [0.5, 0.6) is 5.75 Å². The smallest absolute Gasteiger partial charge is 0.242 e. The second-order valence-electron chi connectivity index (χ2n) is 6.00. The van der Waals surface area contributed by atoms with Crippen molar-refractivity contribution in [3.63, 3.8) is 0 Å². The highest BCUT2D eigenvalue weighted by Gasteiger charge is 2.31. The number of hydrogen-bond donors (Lipinski definition) is 1. The van der Waals surface area contributed by atoms with Crippen molar-refractivity contribution in [2.45, 2.75) is 18.9 Å². The normalized spacial score (nSPS) is 21.6. The minimum Gasteiger partial charge on any atom is -0.497 e. The second kappa shape index (κ2) is 7.00. The van der Waals surface area contributed by atoms with Crippen LogP contribution in [0.4, 0.5) is 0 Å². The van der Waals surface area contributed by atoms with Gasteiger partial charge in [0.1, 0.15) is 5.75 Å². The van der Waals surface area contributed by atoms with Crippen LogP contribution in [0.1, 0.15) is 24.4 Å². The van der Waals surface area contributed by atoms with E-state index in [4.69, 9.17) is 4.74 Å². The first-order valence-corrected chi connectivity index (χ1v) is 8.11. The summed E-state index contributed by atoms with van der Waals surface area (Å²) in [6, 6.07) is 7.82. The fraction of sp³-hybridized carbons (Fsp3) is 0.529. The number of piperazine rings is 1. The number of carbonyl (C=O) groups is 2. The number of rotatable bonds is 4. The van der Waals surface area contributed by atoms with Crippen LogP contribution < -0.4 is 10.1 Å². The predicted molar refractivity (Wildman–Crippen MR) is 86.1 cm³/mol. The van der Waals surface area contributed by atoms with Gasteiger partial charge in [-0.25, -0.2) is 0 Å². The van der Waals surface area contributed by atoms with Crippen molar-refractivity contribution >= 4 is 11.8 Å². The number of hydrogen-bond acceptors (Lipinski definition) is 4. The molecule has 23 heavy (non-hydrogen) atoms. The second-order valence-corrected chi connectivity index (χ2v) is 6.00. The van der Waals surface area contributed by atoms with Gasteiger partial charge < -0.3 is 19.9 Å². The summed E-state index contributed by atoms with van der Waals surface area (Å²) in [5, 5.41) is 3.34. The molecule has 2 heterocycles. The van der Waals surface area contributed by atoms with Gasteiger partial charge in [0, 0.05) is 32.6 Å². The number of methoxy groups -OCH3 is 1. The Morgan fingerprint density at radius 2 is 2.09 bits per heavy atom. The van der Waals surface area contributed by atoms with Crippen LogP contribution in [-0.2, 0) is 9.59 Å². The quantitative estimate of drug-likeness (QED) is 0.892. The van der Waals surface area contributed by atoms with Gasteiger partial charge in [-0.2, -0.15) is 0 Å². The maximum absolute atomic E-state index is 12.7. The molecule has 6 heteroatoms. The lowest BCUT2D eigenvalue weighted by Gasteiger charge is -2.37. The standard InChI is InChI=1S/C17H23N3O3/c1-23-14-6-4-13(5-7-14)15-11-18-8-10-20(15)17(22)12-19-9-2-3-16(19)21/h4-7,15,18H,2-3,8-12H2,1H3/t15-/m0/s1. The molecule has 6 nitrogen and oxygen atoms in total. The first kappa shape index (κ1) is 15.8. The third-order valence-electron chi connectivity index (χ3n) is 4.56. The van der Waals surface area contributed by atoms with Gasteiger partial charge in [-0.3, -0.25) is 9.59 Å². The van der Waals surface area contributed by atoms with Crippen molar-refractivity contribution in [2.24, 2.45) is 0 Å². The lowest BCUT2D eigenvalue weighted by atomic mass is 10.0. The number of nitrogens with zero attached hydrogens (tertiary/aromatic N) is 2. The molecule has 0 spiro atoms. The minimum atomic E-state index is -0.000128. The molecule has 3 rings (SSSR count). The first-order valence-electron chi connectivity index (χ1n) is 8.11. The van der Waals surface area contributed by atoms with Crippen molar-refractivity contribution in [2.75, 3.05) is 39.8 Å². The van der Waals surface area contributed by atoms with Crippen molar-refractivity contribution in [1.29, 1.82) is 0 Å².